The Morgan fingerprint density at radius 2 is 2.05 bits per heavy atom. The lowest BCUT2D eigenvalue weighted by atomic mass is 10.2. The summed E-state index contributed by atoms with van der Waals surface area (Å²) in [6, 6.07) is 1.84. The van der Waals surface area contributed by atoms with Crippen molar-refractivity contribution in [3.63, 3.8) is 0 Å². The van der Waals surface area contributed by atoms with E-state index < -0.39 is 32.1 Å². The van der Waals surface area contributed by atoms with Crippen LogP contribution in [0.25, 0.3) is 0 Å². The van der Waals surface area contributed by atoms with Gasteiger partial charge >= 0.3 is 5.97 Å². The van der Waals surface area contributed by atoms with E-state index in [1.165, 1.54) is 0 Å². The maximum absolute atomic E-state index is 13.9. The molecule has 0 radical (unpaired) electrons. The first kappa shape index (κ1) is 15.9. The fraction of sp³-hybridized carbons (Fsp3) is 0.417. The zero-order valence-corrected chi connectivity index (χ0v) is 12.1. The third-order valence-corrected chi connectivity index (χ3v) is 4.96. The van der Waals surface area contributed by atoms with Crippen molar-refractivity contribution in [3.05, 3.63) is 28.5 Å². The zero-order chi connectivity index (χ0) is 14.8. The highest BCUT2D eigenvalue weighted by Gasteiger charge is 2.26. The van der Waals surface area contributed by atoms with Crippen LogP contribution in [-0.2, 0) is 9.84 Å². The molecule has 1 atom stereocenters. The molecule has 0 amide bonds. The topological polar surface area (TPSA) is 71.4 Å². The largest absolute Gasteiger partial charge is 0.478 e. The van der Waals surface area contributed by atoms with Crippen molar-refractivity contribution < 1.29 is 22.7 Å². The molecule has 0 saturated heterocycles. The molecule has 0 aromatic heterocycles. The summed E-state index contributed by atoms with van der Waals surface area (Å²) < 4.78 is 38.1. The Labute approximate surface area is 116 Å². The number of carboxylic acids is 1. The number of rotatable bonds is 5. The molecule has 0 bridgehead atoms. The van der Waals surface area contributed by atoms with Gasteiger partial charge in [-0.15, -0.1) is 0 Å². The lowest BCUT2D eigenvalue weighted by Crippen LogP contribution is -2.16. The van der Waals surface area contributed by atoms with Gasteiger partial charge < -0.3 is 5.11 Å². The summed E-state index contributed by atoms with van der Waals surface area (Å²) >= 11 is 5.65. The van der Waals surface area contributed by atoms with Gasteiger partial charge in [0.15, 0.2) is 15.7 Å². The van der Waals surface area contributed by atoms with Gasteiger partial charge in [0.1, 0.15) is 4.90 Å². The molecule has 0 spiro atoms. The average molecular weight is 309 g/mol. The first-order valence-electron chi connectivity index (χ1n) is 5.64. The van der Waals surface area contributed by atoms with E-state index in [1.54, 1.807) is 6.92 Å². The Morgan fingerprint density at radius 3 is 2.53 bits per heavy atom. The number of carbonyl (C=O) groups is 1. The van der Waals surface area contributed by atoms with Crippen molar-refractivity contribution in [2.75, 3.05) is 5.75 Å². The van der Waals surface area contributed by atoms with Crippen molar-refractivity contribution in [1.29, 1.82) is 0 Å². The second-order valence-corrected chi connectivity index (χ2v) is 6.80. The van der Waals surface area contributed by atoms with Crippen LogP contribution in [0.15, 0.2) is 17.0 Å². The van der Waals surface area contributed by atoms with Gasteiger partial charge in [0.05, 0.1) is 11.3 Å². The van der Waals surface area contributed by atoms with Crippen molar-refractivity contribution in [2.24, 2.45) is 5.92 Å². The third-order valence-electron chi connectivity index (χ3n) is 2.77. The highest BCUT2D eigenvalue weighted by molar-refractivity contribution is 7.91. The van der Waals surface area contributed by atoms with Crippen molar-refractivity contribution in [3.8, 4) is 0 Å². The molecule has 0 fully saturated rings. The second-order valence-electron chi connectivity index (χ2n) is 4.37. The first-order chi connectivity index (χ1) is 8.69. The van der Waals surface area contributed by atoms with Gasteiger partial charge in [0.25, 0.3) is 0 Å². The molecule has 1 aromatic rings. The van der Waals surface area contributed by atoms with E-state index in [0.717, 1.165) is 12.1 Å². The van der Waals surface area contributed by atoms with E-state index in [1.807, 2.05) is 6.92 Å². The monoisotopic (exact) mass is 308 g/mol. The second kappa shape index (κ2) is 5.88. The summed E-state index contributed by atoms with van der Waals surface area (Å²) in [6.45, 7) is 3.54. The number of sulfone groups is 1. The van der Waals surface area contributed by atoms with Gasteiger partial charge in [-0.05, 0) is 18.1 Å². The molecule has 1 N–H and O–H groups in total. The number of hydrogen-bond donors (Lipinski definition) is 1. The number of halogens is 2. The molecule has 0 heterocycles. The molecule has 19 heavy (non-hydrogen) atoms. The molecule has 0 aliphatic carbocycles. The van der Waals surface area contributed by atoms with Crippen LogP contribution >= 0.6 is 11.6 Å². The van der Waals surface area contributed by atoms with Crippen LogP contribution in [0.4, 0.5) is 4.39 Å². The summed E-state index contributed by atoms with van der Waals surface area (Å²) in [7, 11) is -3.90. The van der Waals surface area contributed by atoms with E-state index in [-0.39, 0.29) is 16.7 Å². The van der Waals surface area contributed by atoms with Crippen LogP contribution in [-0.4, -0.2) is 25.2 Å². The summed E-state index contributed by atoms with van der Waals surface area (Å²) in [5, 5.41) is 8.69. The van der Waals surface area contributed by atoms with Gasteiger partial charge in [-0.1, -0.05) is 31.9 Å². The summed E-state index contributed by atoms with van der Waals surface area (Å²) in [6.07, 6.45) is 0.618. The number of hydrogen-bond acceptors (Lipinski definition) is 3. The van der Waals surface area contributed by atoms with Crippen LogP contribution in [0.3, 0.4) is 0 Å². The third kappa shape index (κ3) is 3.67. The minimum absolute atomic E-state index is 0.124. The quantitative estimate of drug-likeness (QED) is 0.907. The molecule has 0 aliphatic heterocycles. The summed E-state index contributed by atoms with van der Waals surface area (Å²) in [5.41, 5.74) is -0.741. The van der Waals surface area contributed by atoms with E-state index in [4.69, 9.17) is 16.7 Å². The summed E-state index contributed by atoms with van der Waals surface area (Å²) in [4.78, 5) is 10.2. The molecular formula is C12H14ClFO4S. The van der Waals surface area contributed by atoms with Gasteiger partial charge in [0.2, 0.25) is 0 Å². The van der Waals surface area contributed by atoms with Crippen molar-refractivity contribution in [1.82, 2.24) is 0 Å². The van der Waals surface area contributed by atoms with Gasteiger partial charge in [-0.25, -0.2) is 17.6 Å². The maximum Gasteiger partial charge on any atom is 0.338 e. The fourth-order valence-corrected chi connectivity index (χ4v) is 3.67. The van der Waals surface area contributed by atoms with Crippen molar-refractivity contribution >= 4 is 27.4 Å². The first-order valence-corrected chi connectivity index (χ1v) is 7.67. The lowest BCUT2D eigenvalue weighted by molar-refractivity contribution is 0.0691. The SMILES string of the molecule is CCC(C)CS(=O)(=O)c1cc(Cl)cc(C(=O)O)c1F. The zero-order valence-electron chi connectivity index (χ0n) is 10.5. The highest BCUT2D eigenvalue weighted by Crippen LogP contribution is 2.26. The molecular weight excluding hydrogens is 295 g/mol. The molecule has 1 rings (SSSR count). The standard InChI is InChI=1S/C12H14ClFO4S/c1-3-7(2)6-19(17,18)10-5-8(13)4-9(11(10)14)12(15)16/h4-5,7H,3,6H2,1-2H3,(H,15,16). The van der Waals surface area contributed by atoms with Gasteiger partial charge in [-0.2, -0.15) is 0 Å². The Bertz CT molecular complexity index is 598. The molecule has 0 saturated carbocycles. The Morgan fingerprint density at radius 1 is 1.47 bits per heavy atom. The van der Waals surface area contributed by atoms with Crippen LogP contribution in [0.2, 0.25) is 5.02 Å². The van der Waals surface area contributed by atoms with Gasteiger partial charge in [0, 0.05) is 5.02 Å². The number of aromatic carboxylic acids is 1. The number of carboxylic acid groups (broad SMARTS) is 1. The van der Waals surface area contributed by atoms with Crippen LogP contribution in [0.1, 0.15) is 30.6 Å². The number of benzene rings is 1. The van der Waals surface area contributed by atoms with Crippen molar-refractivity contribution in [2.45, 2.75) is 25.2 Å². The Balaban J connectivity index is 3.39. The molecule has 1 aromatic carbocycles. The average Bonchev–Trinajstić information content (AvgIpc) is 2.30. The van der Waals surface area contributed by atoms with E-state index in [0.29, 0.717) is 6.42 Å². The predicted molar refractivity (Wildman–Crippen MR) is 69.9 cm³/mol. The van der Waals surface area contributed by atoms with E-state index >= 15 is 0 Å². The highest BCUT2D eigenvalue weighted by atomic mass is 35.5. The minimum Gasteiger partial charge on any atom is -0.478 e. The van der Waals surface area contributed by atoms with E-state index in [9.17, 15) is 17.6 Å². The van der Waals surface area contributed by atoms with Gasteiger partial charge in [-0.3, -0.25) is 0 Å². The molecule has 106 valence electrons. The van der Waals surface area contributed by atoms with E-state index in [2.05, 4.69) is 0 Å². The minimum atomic E-state index is -3.90. The van der Waals surface area contributed by atoms with Crippen LogP contribution in [0, 0.1) is 11.7 Å². The fourth-order valence-electron chi connectivity index (χ4n) is 1.53. The molecule has 7 heteroatoms. The molecule has 1 unspecified atom stereocenters. The lowest BCUT2D eigenvalue weighted by Gasteiger charge is -2.11. The maximum atomic E-state index is 13.9. The Kier molecular flexibility index (Phi) is 4.92. The Hall–Kier alpha value is -1.14. The summed E-state index contributed by atoms with van der Waals surface area (Å²) in [5.74, 6) is -3.23. The molecule has 0 aliphatic rings. The molecule has 4 nitrogen and oxygen atoms in total. The van der Waals surface area contributed by atoms with Crippen LogP contribution < -0.4 is 0 Å². The smallest absolute Gasteiger partial charge is 0.338 e. The predicted octanol–water partition coefficient (Wildman–Crippen LogP) is 3.00. The normalized spacial score (nSPS) is 13.3. The van der Waals surface area contributed by atoms with Crippen LogP contribution in [0.5, 0.6) is 0 Å².